The predicted octanol–water partition coefficient (Wildman–Crippen LogP) is 3.51. The number of ether oxygens (including phenoxy) is 1. The Hall–Kier alpha value is -3.94. The molecule has 0 saturated carbocycles. The monoisotopic (exact) mass is 379 g/mol. The van der Waals surface area contributed by atoms with Gasteiger partial charge in [-0.25, -0.2) is 4.79 Å². The number of rotatable bonds is 5. The smallest absolute Gasteiger partial charge is 0.341 e. The molecule has 0 saturated heterocycles. The molecular formula is C20H17N3O5. The number of esters is 1. The van der Waals surface area contributed by atoms with Crippen LogP contribution in [0.15, 0.2) is 60.7 Å². The van der Waals surface area contributed by atoms with Gasteiger partial charge in [0.15, 0.2) is 6.10 Å². The third-order valence-corrected chi connectivity index (χ3v) is 4.14. The van der Waals surface area contributed by atoms with E-state index in [1.165, 1.54) is 19.1 Å². The van der Waals surface area contributed by atoms with Gasteiger partial charge in [-0.15, -0.1) is 0 Å². The summed E-state index contributed by atoms with van der Waals surface area (Å²) in [4.78, 5) is 34.8. The number of nitro groups is 1. The fourth-order valence-electron chi connectivity index (χ4n) is 2.62. The first kappa shape index (κ1) is 18.8. The Kier molecular flexibility index (Phi) is 5.21. The number of hydrogen-bond acceptors (Lipinski definition) is 6. The van der Waals surface area contributed by atoms with Gasteiger partial charge >= 0.3 is 5.97 Å². The second kappa shape index (κ2) is 7.75. The largest absolute Gasteiger partial charge is 0.449 e. The Bertz CT molecular complexity index is 1080. The number of nitrogen functional groups attached to an aromatic ring is 1. The van der Waals surface area contributed by atoms with Crippen molar-refractivity contribution in [2.75, 3.05) is 11.1 Å². The number of anilines is 2. The van der Waals surface area contributed by atoms with Gasteiger partial charge in [-0.2, -0.15) is 0 Å². The van der Waals surface area contributed by atoms with Crippen molar-refractivity contribution in [1.82, 2.24) is 0 Å². The lowest BCUT2D eigenvalue weighted by atomic mass is 10.1. The van der Waals surface area contributed by atoms with Gasteiger partial charge in [-0.1, -0.05) is 30.3 Å². The van der Waals surface area contributed by atoms with Crippen LogP contribution in [-0.4, -0.2) is 22.9 Å². The third-order valence-electron chi connectivity index (χ3n) is 4.14. The number of hydrogen-bond donors (Lipinski definition) is 2. The lowest BCUT2D eigenvalue weighted by Crippen LogP contribution is -2.30. The number of fused-ring (bicyclic) bond motifs is 1. The van der Waals surface area contributed by atoms with Gasteiger partial charge in [0.1, 0.15) is 0 Å². The summed E-state index contributed by atoms with van der Waals surface area (Å²) >= 11 is 0. The molecule has 1 amide bonds. The van der Waals surface area contributed by atoms with Crippen molar-refractivity contribution < 1.29 is 19.2 Å². The first-order chi connectivity index (χ1) is 13.3. The second-order valence-corrected chi connectivity index (χ2v) is 6.13. The van der Waals surface area contributed by atoms with Crippen LogP contribution in [0.4, 0.5) is 17.1 Å². The number of nitro benzene ring substituents is 1. The summed E-state index contributed by atoms with van der Waals surface area (Å²) in [5.41, 5.74) is 5.81. The number of non-ortho nitro benzene ring substituents is 1. The van der Waals surface area contributed by atoms with Gasteiger partial charge in [0.2, 0.25) is 0 Å². The van der Waals surface area contributed by atoms with E-state index in [1.807, 2.05) is 30.3 Å². The van der Waals surface area contributed by atoms with Crippen molar-refractivity contribution in [2.24, 2.45) is 0 Å². The molecular weight excluding hydrogens is 362 g/mol. The molecule has 0 fully saturated rings. The molecule has 0 aromatic heterocycles. The normalized spacial score (nSPS) is 11.6. The lowest BCUT2D eigenvalue weighted by molar-refractivity contribution is -0.384. The van der Waals surface area contributed by atoms with Crippen molar-refractivity contribution >= 4 is 39.7 Å². The number of nitrogens with zero attached hydrogens (tertiary/aromatic N) is 1. The van der Waals surface area contributed by atoms with Gasteiger partial charge in [-0.3, -0.25) is 14.9 Å². The van der Waals surface area contributed by atoms with Crippen molar-refractivity contribution in [3.05, 3.63) is 76.3 Å². The molecule has 0 radical (unpaired) electrons. The molecule has 0 aliphatic heterocycles. The van der Waals surface area contributed by atoms with Gasteiger partial charge in [0.05, 0.1) is 10.5 Å². The van der Waals surface area contributed by atoms with E-state index < -0.39 is 22.9 Å². The minimum atomic E-state index is -1.13. The summed E-state index contributed by atoms with van der Waals surface area (Å²) in [5.74, 6) is -1.45. The summed E-state index contributed by atoms with van der Waals surface area (Å²) in [5, 5.41) is 15.5. The number of benzene rings is 3. The summed E-state index contributed by atoms with van der Waals surface area (Å²) in [6.07, 6.45) is -1.13. The van der Waals surface area contributed by atoms with E-state index in [2.05, 4.69) is 5.32 Å². The first-order valence-corrected chi connectivity index (χ1v) is 8.39. The molecule has 3 aromatic rings. The van der Waals surface area contributed by atoms with Gasteiger partial charge in [0, 0.05) is 23.5 Å². The second-order valence-electron chi connectivity index (χ2n) is 6.13. The fourth-order valence-corrected chi connectivity index (χ4v) is 2.62. The Balaban J connectivity index is 1.70. The van der Waals surface area contributed by atoms with Crippen LogP contribution in [0, 0.1) is 10.1 Å². The van der Waals surface area contributed by atoms with E-state index in [1.54, 1.807) is 12.1 Å². The highest BCUT2D eigenvalue weighted by Gasteiger charge is 2.22. The quantitative estimate of drug-likeness (QED) is 0.302. The Morgan fingerprint density at radius 3 is 2.50 bits per heavy atom. The molecule has 0 bridgehead atoms. The molecule has 0 spiro atoms. The van der Waals surface area contributed by atoms with Crippen LogP contribution in [0.1, 0.15) is 17.3 Å². The summed E-state index contributed by atoms with van der Waals surface area (Å²) < 4.78 is 5.12. The molecule has 0 aliphatic carbocycles. The number of carbonyl (C=O) groups is 2. The minimum absolute atomic E-state index is 0.0257. The average Bonchev–Trinajstić information content (AvgIpc) is 2.67. The number of nitrogens with two attached hydrogens (primary N) is 1. The lowest BCUT2D eigenvalue weighted by Gasteiger charge is -2.14. The maximum absolute atomic E-state index is 12.3. The zero-order valence-electron chi connectivity index (χ0n) is 14.9. The van der Waals surface area contributed by atoms with Gasteiger partial charge < -0.3 is 15.8 Å². The van der Waals surface area contributed by atoms with Crippen molar-refractivity contribution in [1.29, 1.82) is 0 Å². The molecule has 3 aromatic carbocycles. The van der Waals surface area contributed by atoms with Crippen LogP contribution in [-0.2, 0) is 9.53 Å². The molecule has 0 unspecified atom stereocenters. The van der Waals surface area contributed by atoms with Crippen LogP contribution in [0.25, 0.3) is 10.8 Å². The van der Waals surface area contributed by atoms with E-state index in [0.717, 1.165) is 16.8 Å². The number of nitrogens with one attached hydrogen (secondary N) is 1. The number of carbonyl (C=O) groups excluding carboxylic acids is 2. The molecule has 142 valence electrons. The van der Waals surface area contributed by atoms with Crippen molar-refractivity contribution in [3.63, 3.8) is 0 Å². The summed E-state index contributed by atoms with van der Waals surface area (Å²) in [7, 11) is 0. The van der Waals surface area contributed by atoms with E-state index in [-0.39, 0.29) is 16.9 Å². The fraction of sp³-hybridized carbons (Fsp3) is 0.100. The van der Waals surface area contributed by atoms with E-state index >= 15 is 0 Å². The van der Waals surface area contributed by atoms with Crippen molar-refractivity contribution in [3.8, 4) is 0 Å². The molecule has 8 heteroatoms. The molecule has 0 heterocycles. The molecule has 0 aliphatic rings. The molecule has 1 atom stereocenters. The molecule has 3 rings (SSSR count). The van der Waals surface area contributed by atoms with Crippen LogP contribution < -0.4 is 11.1 Å². The maximum atomic E-state index is 12.3. The topological polar surface area (TPSA) is 125 Å². The van der Waals surface area contributed by atoms with E-state index in [4.69, 9.17) is 10.5 Å². The predicted molar refractivity (Wildman–Crippen MR) is 105 cm³/mol. The standard InChI is InChI=1S/C20H17N3O5/c1-12(28-20(25)17-11-16(23(26)27)8-9-18(17)21)19(24)22-15-7-6-13-4-2-3-5-14(13)10-15/h2-12H,21H2,1H3,(H,22,24)/t12-/m0/s1. The van der Waals surface area contributed by atoms with E-state index in [9.17, 15) is 19.7 Å². The molecule has 8 nitrogen and oxygen atoms in total. The first-order valence-electron chi connectivity index (χ1n) is 8.39. The van der Waals surface area contributed by atoms with Crippen LogP contribution >= 0.6 is 0 Å². The zero-order valence-corrected chi connectivity index (χ0v) is 14.9. The summed E-state index contributed by atoms with van der Waals surface area (Å²) in [6.45, 7) is 1.40. The third kappa shape index (κ3) is 4.07. The van der Waals surface area contributed by atoms with Gasteiger partial charge in [-0.05, 0) is 35.9 Å². The highest BCUT2D eigenvalue weighted by Crippen LogP contribution is 2.22. The van der Waals surface area contributed by atoms with Crippen LogP contribution in [0.3, 0.4) is 0 Å². The van der Waals surface area contributed by atoms with Gasteiger partial charge in [0.25, 0.3) is 11.6 Å². The number of amides is 1. The van der Waals surface area contributed by atoms with Crippen LogP contribution in [0.2, 0.25) is 0 Å². The zero-order chi connectivity index (χ0) is 20.3. The maximum Gasteiger partial charge on any atom is 0.341 e. The highest BCUT2D eigenvalue weighted by atomic mass is 16.6. The average molecular weight is 379 g/mol. The minimum Gasteiger partial charge on any atom is -0.449 e. The Labute approximate surface area is 160 Å². The van der Waals surface area contributed by atoms with Crippen molar-refractivity contribution in [2.45, 2.75) is 13.0 Å². The van der Waals surface area contributed by atoms with E-state index in [0.29, 0.717) is 5.69 Å². The highest BCUT2D eigenvalue weighted by molar-refractivity contribution is 6.00. The molecule has 28 heavy (non-hydrogen) atoms. The Morgan fingerprint density at radius 2 is 1.79 bits per heavy atom. The summed E-state index contributed by atoms with van der Waals surface area (Å²) in [6, 6.07) is 16.5. The SMILES string of the molecule is C[C@H](OC(=O)c1cc([N+](=O)[O-])ccc1N)C(=O)Nc1ccc2ccccc2c1. The Morgan fingerprint density at radius 1 is 1.07 bits per heavy atom. The van der Waals surface area contributed by atoms with Crippen LogP contribution in [0.5, 0.6) is 0 Å². The molecule has 3 N–H and O–H groups in total.